The molecule has 1 aromatic heterocycles. The van der Waals surface area contributed by atoms with Crippen LogP contribution in [0.1, 0.15) is 60.1 Å². The Morgan fingerprint density at radius 2 is 1.85 bits per heavy atom. The van der Waals surface area contributed by atoms with Crippen molar-refractivity contribution in [1.82, 2.24) is 4.98 Å². The van der Waals surface area contributed by atoms with Gasteiger partial charge in [-0.25, -0.2) is 4.98 Å². The van der Waals surface area contributed by atoms with E-state index in [0.717, 1.165) is 52.7 Å². The number of aliphatic carboxylic acids is 1. The van der Waals surface area contributed by atoms with Crippen molar-refractivity contribution in [3.63, 3.8) is 0 Å². The second kappa shape index (κ2) is 13.7. The molecule has 3 atom stereocenters. The first kappa shape index (κ1) is 29.4. The molecule has 0 aliphatic heterocycles. The summed E-state index contributed by atoms with van der Waals surface area (Å²) in [5.74, 6) is 1.11. The van der Waals surface area contributed by atoms with Crippen LogP contribution in [0.3, 0.4) is 0 Å². The van der Waals surface area contributed by atoms with Crippen molar-refractivity contribution in [3.05, 3.63) is 112 Å². The number of hydrogen-bond donors (Lipinski definition) is 2. The third kappa shape index (κ3) is 8.00. The lowest BCUT2D eigenvalue weighted by Crippen LogP contribution is -2.18. The van der Waals surface area contributed by atoms with E-state index in [4.69, 9.17) is 16.6 Å². The number of fused-ring (bicyclic) bond motifs is 1. The van der Waals surface area contributed by atoms with Crippen LogP contribution < -0.4 is 0 Å². The zero-order chi connectivity index (χ0) is 28.8. The number of nitrogens with zero attached hydrogens (tertiary/aromatic N) is 1. The zero-order valence-electron chi connectivity index (χ0n) is 23.2. The Hall–Kier alpha value is -3.12. The Morgan fingerprint density at radius 3 is 2.63 bits per heavy atom. The fourth-order valence-corrected chi connectivity index (χ4v) is 6.86. The summed E-state index contributed by atoms with van der Waals surface area (Å²) in [6.07, 6.45) is 7.24. The Bertz CT molecular complexity index is 1530. The highest BCUT2D eigenvalue weighted by Crippen LogP contribution is 2.39. The van der Waals surface area contributed by atoms with Gasteiger partial charge in [0.1, 0.15) is 0 Å². The van der Waals surface area contributed by atoms with Crippen LogP contribution in [0.15, 0.2) is 78.9 Å². The molecule has 0 spiro atoms. The highest BCUT2D eigenvalue weighted by atomic mass is 35.5. The van der Waals surface area contributed by atoms with E-state index < -0.39 is 12.1 Å². The minimum absolute atomic E-state index is 0.135. The number of pyridine rings is 1. The number of halogens is 1. The molecule has 1 fully saturated rings. The molecule has 1 aliphatic carbocycles. The summed E-state index contributed by atoms with van der Waals surface area (Å²) >= 11 is 7.92. The minimum atomic E-state index is -0.665. The Balaban J connectivity index is 1.38. The highest BCUT2D eigenvalue weighted by Gasteiger charge is 2.35. The number of thioether (sulfide) groups is 1. The lowest BCUT2D eigenvalue weighted by molar-refractivity contribution is -0.141. The van der Waals surface area contributed by atoms with Gasteiger partial charge >= 0.3 is 5.97 Å². The summed E-state index contributed by atoms with van der Waals surface area (Å²) in [7, 11) is 0. The molecule has 3 aromatic carbocycles. The fourth-order valence-electron chi connectivity index (χ4n) is 5.46. The van der Waals surface area contributed by atoms with Crippen molar-refractivity contribution in [2.75, 3.05) is 11.5 Å². The molecule has 6 heteroatoms. The van der Waals surface area contributed by atoms with Gasteiger partial charge in [0, 0.05) is 22.1 Å². The van der Waals surface area contributed by atoms with Gasteiger partial charge in [0.25, 0.3) is 0 Å². The van der Waals surface area contributed by atoms with E-state index in [1.165, 1.54) is 11.1 Å². The molecular formula is C35H36ClNO3S. The van der Waals surface area contributed by atoms with Crippen molar-refractivity contribution < 1.29 is 15.0 Å². The number of hydrogen-bond acceptors (Lipinski definition) is 4. The molecule has 1 aliphatic rings. The van der Waals surface area contributed by atoms with Gasteiger partial charge < -0.3 is 10.2 Å². The Labute approximate surface area is 251 Å². The molecular weight excluding hydrogens is 550 g/mol. The van der Waals surface area contributed by atoms with Crippen LogP contribution in [-0.4, -0.2) is 38.8 Å². The maximum absolute atomic E-state index is 11.7. The molecule has 0 saturated heterocycles. The predicted molar refractivity (Wildman–Crippen MR) is 172 cm³/mol. The quantitative estimate of drug-likeness (QED) is 0.154. The van der Waals surface area contributed by atoms with Gasteiger partial charge in [0.05, 0.1) is 23.2 Å². The average Bonchev–Trinajstić information content (AvgIpc) is 3.79. The summed E-state index contributed by atoms with van der Waals surface area (Å²) in [5.41, 5.74) is 6.40. The summed E-state index contributed by atoms with van der Waals surface area (Å²) in [5, 5.41) is 21.6. The molecule has 1 heterocycles. The number of carboxylic acid groups (broad SMARTS) is 1. The number of aliphatic hydroxyl groups excluding tert-OH is 1. The number of aromatic nitrogens is 1. The molecule has 41 heavy (non-hydrogen) atoms. The lowest BCUT2D eigenvalue weighted by atomic mass is 9.84. The van der Waals surface area contributed by atoms with Crippen molar-refractivity contribution in [2.24, 2.45) is 11.8 Å². The fraction of sp³-hybridized carbons (Fsp3) is 0.314. The summed E-state index contributed by atoms with van der Waals surface area (Å²) in [6, 6.07) is 26.8. The topological polar surface area (TPSA) is 70.4 Å². The molecule has 4 aromatic rings. The van der Waals surface area contributed by atoms with Gasteiger partial charge in [-0.2, -0.15) is 11.8 Å². The molecule has 3 unspecified atom stereocenters. The molecule has 1 saturated carbocycles. The summed E-state index contributed by atoms with van der Waals surface area (Å²) in [4.78, 5) is 16.5. The van der Waals surface area contributed by atoms with E-state index in [9.17, 15) is 15.0 Å². The molecule has 5 rings (SSSR count). The molecule has 0 bridgehead atoms. The van der Waals surface area contributed by atoms with Gasteiger partial charge in [0.2, 0.25) is 0 Å². The third-order valence-electron chi connectivity index (χ3n) is 7.74. The average molecular weight is 586 g/mol. The molecule has 212 valence electrons. The Morgan fingerprint density at radius 1 is 1.05 bits per heavy atom. The smallest absolute Gasteiger partial charge is 0.307 e. The SMILES string of the molecule is CC(O)Cc1ccccc1C(CCSCC(C(=O)O)C1CC1)c1cccc(/C=C/c2ccc3ccc(Cl)cc3n2)c1. The van der Waals surface area contributed by atoms with Gasteiger partial charge in [0.15, 0.2) is 0 Å². The van der Waals surface area contributed by atoms with Crippen LogP contribution in [0.5, 0.6) is 0 Å². The first-order valence-corrected chi connectivity index (χ1v) is 15.8. The molecule has 0 radical (unpaired) electrons. The number of carbonyl (C=O) groups is 1. The van der Waals surface area contributed by atoms with Crippen LogP contribution in [-0.2, 0) is 11.2 Å². The second-order valence-electron chi connectivity index (χ2n) is 11.0. The van der Waals surface area contributed by atoms with Crippen molar-refractivity contribution in [3.8, 4) is 0 Å². The van der Waals surface area contributed by atoms with E-state index >= 15 is 0 Å². The predicted octanol–water partition coefficient (Wildman–Crippen LogP) is 8.35. The maximum atomic E-state index is 11.7. The third-order valence-corrected chi connectivity index (χ3v) is 9.09. The van der Waals surface area contributed by atoms with Crippen molar-refractivity contribution >= 4 is 52.4 Å². The van der Waals surface area contributed by atoms with E-state index in [0.29, 0.717) is 23.1 Å². The molecule has 2 N–H and O–H groups in total. The lowest BCUT2D eigenvalue weighted by Gasteiger charge is -2.23. The monoisotopic (exact) mass is 585 g/mol. The van der Waals surface area contributed by atoms with E-state index in [-0.39, 0.29) is 11.8 Å². The highest BCUT2D eigenvalue weighted by molar-refractivity contribution is 7.99. The number of carboxylic acids is 1. The van der Waals surface area contributed by atoms with E-state index in [1.807, 2.05) is 43.3 Å². The van der Waals surface area contributed by atoms with Crippen LogP contribution in [0.25, 0.3) is 23.1 Å². The van der Waals surface area contributed by atoms with Crippen molar-refractivity contribution in [2.45, 2.75) is 44.6 Å². The van der Waals surface area contributed by atoms with Crippen LogP contribution in [0, 0.1) is 11.8 Å². The maximum Gasteiger partial charge on any atom is 0.307 e. The van der Waals surface area contributed by atoms with Crippen LogP contribution in [0.2, 0.25) is 5.02 Å². The van der Waals surface area contributed by atoms with Crippen LogP contribution in [0.4, 0.5) is 0 Å². The van der Waals surface area contributed by atoms with Crippen LogP contribution >= 0.6 is 23.4 Å². The van der Waals surface area contributed by atoms with E-state index in [1.54, 1.807) is 11.8 Å². The first-order chi connectivity index (χ1) is 19.9. The summed E-state index contributed by atoms with van der Waals surface area (Å²) in [6.45, 7) is 1.83. The number of rotatable bonds is 13. The second-order valence-corrected chi connectivity index (χ2v) is 12.6. The summed E-state index contributed by atoms with van der Waals surface area (Å²) < 4.78 is 0. The number of aliphatic hydroxyl groups is 1. The molecule has 4 nitrogen and oxygen atoms in total. The first-order valence-electron chi connectivity index (χ1n) is 14.3. The van der Waals surface area contributed by atoms with E-state index in [2.05, 4.69) is 54.6 Å². The van der Waals surface area contributed by atoms with Gasteiger partial charge in [-0.05, 0) is 90.8 Å². The largest absolute Gasteiger partial charge is 0.481 e. The van der Waals surface area contributed by atoms with Crippen molar-refractivity contribution in [1.29, 1.82) is 0 Å². The van der Waals surface area contributed by atoms with Gasteiger partial charge in [-0.1, -0.05) is 78.3 Å². The minimum Gasteiger partial charge on any atom is -0.481 e. The Kier molecular flexibility index (Phi) is 9.81. The zero-order valence-corrected chi connectivity index (χ0v) is 24.8. The number of benzene rings is 3. The molecule has 0 amide bonds. The van der Waals surface area contributed by atoms with Gasteiger partial charge in [-0.15, -0.1) is 0 Å². The van der Waals surface area contributed by atoms with Gasteiger partial charge in [-0.3, -0.25) is 4.79 Å². The normalized spacial score (nSPS) is 15.7. The standard InChI is InChI=1S/C35H36ClNO3S/c1-23(38)19-27-6-2-3-8-31(27)32(17-18-41-22-33(35(39)40)25-10-11-25)28-7-4-5-24(20-28)9-15-30-16-13-26-12-14-29(36)21-34(26)37-30/h2-9,12-16,20-21,23,25,32-33,38H,10-11,17-19,22H2,1H3,(H,39,40)/b15-9+.